The molecule has 1 aromatic carbocycles. The molecule has 72 valence electrons. The van der Waals surface area contributed by atoms with E-state index < -0.39 is 11.9 Å². The molecule has 0 saturated heterocycles. The van der Waals surface area contributed by atoms with Crippen molar-refractivity contribution in [3.05, 3.63) is 35.4 Å². The van der Waals surface area contributed by atoms with Crippen molar-refractivity contribution in [3.8, 4) is 0 Å². The number of hydrogen-bond acceptors (Lipinski definition) is 4. The van der Waals surface area contributed by atoms with E-state index in [1.807, 2.05) is 0 Å². The van der Waals surface area contributed by atoms with Crippen LogP contribution in [0.5, 0.6) is 0 Å². The summed E-state index contributed by atoms with van der Waals surface area (Å²) in [6, 6.07) is 5.26. The van der Waals surface area contributed by atoms with Crippen molar-refractivity contribution in [1.29, 1.82) is 0 Å². The normalized spacial score (nSPS) is 8.07. The molecule has 7 heteroatoms. The van der Waals surface area contributed by atoms with Crippen molar-refractivity contribution < 1.29 is 81.5 Å². The van der Waals surface area contributed by atoms with Gasteiger partial charge in [-0.1, -0.05) is 0 Å². The van der Waals surface area contributed by atoms with Crippen LogP contribution in [0, 0.1) is 0 Å². The monoisotopic (exact) mass is 229 g/mol. The van der Waals surface area contributed by atoms with Crippen molar-refractivity contribution in [1.82, 2.24) is 0 Å². The summed E-state index contributed by atoms with van der Waals surface area (Å²) in [5, 5.41) is 8.53. The van der Waals surface area contributed by atoms with E-state index in [9.17, 15) is 9.59 Å². The molecule has 1 aromatic rings. The predicted molar refractivity (Wildman–Crippen MR) is 45.2 cm³/mol. The molecule has 0 saturated carbocycles. The number of carbonyl (C=O) groups excluding carboxylic acids is 1. The molecule has 0 atom stereocenters. The van der Waals surface area contributed by atoms with Gasteiger partial charge in [-0.25, -0.2) is 9.59 Å². The van der Waals surface area contributed by atoms with Crippen molar-refractivity contribution >= 4 is 11.9 Å². The largest absolute Gasteiger partial charge is 1.00 e. The third-order valence-electron chi connectivity index (χ3n) is 1.47. The van der Waals surface area contributed by atoms with E-state index in [1.165, 1.54) is 24.3 Å². The second-order valence-electron chi connectivity index (χ2n) is 2.29. The average Bonchev–Trinajstić information content (AvgIpc) is 2.17. The summed E-state index contributed by atoms with van der Waals surface area (Å²) in [4.78, 5) is 25.2. The number of carbonyl (C=O) groups is 2. The Hall–Kier alpha value is 0.120. The van der Waals surface area contributed by atoms with Crippen LogP contribution in [0.3, 0.4) is 0 Å². The first-order valence-electron chi connectivity index (χ1n) is 3.39. The van der Waals surface area contributed by atoms with E-state index >= 15 is 0 Å². The van der Waals surface area contributed by atoms with Gasteiger partial charge in [0.2, 0.25) is 0 Å². The molecular formula is C8H9NNa2O4. The number of carboxylic acid groups (broad SMARTS) is 1. The molecule has 0 spiro atoms. The van der Waals surface area contributed by atoms with Crippen molar-refractivity contribution in [2.24, 2.45) is 5.90 Å². The first-order chi connectivity index (χ1) is 6.15. The fourth-order valence-corrected chi connectivity index (χ4v) is 0.817. The summed E-state index contributed by atoms with van der Waals surface area (Å²) in [6.07, 6.45) is 0. The Labute approximate surface area is 133 Å². The smallest absolute Gasteiger partial charge is 1.00 e. The van der Waals surface area contributed by atoms with Crippen LogP contribution >= 0.6 is 0 Å². The molecule has 0 radical (unpaired) electrons. The van der Waals surface area contributed by atoms with Gasteiger partial charge in [0.05, 0.1) is 11.1 Å². The van der Waals surface area contributed by atoms with E-state index in [-0.39, 0.29) is 73.1 Å². The molecule has 3 N–H and O–H groups in total. The van der Waals surface area contributed by atoms with Crippen LogP contribution < -0.4 is 65.0 Å². The van der Waals surface area contributed by atoms with Crippen molar-refractivity contribution in [3.63, 3.8) is 0 Å². The Morgan fingerprint density at radius 1 is 1.13 bits per heavy atom. The molecule has 0 fully saturated rings. The van der Waals surface area contributed by atoms with Crippen LogP contribution in [-0.2, 0) is 4.84 Å². The number of hydrogen-bond donors (Lipinski definition) is 2. The van der Waals surface area contributed by atoms with E-state index in [2.05, 4.69) is 10.7 Å². The Balaban J connectivity index is -0.000000211. The van der Waals surface area contributed by atoms with Gasteiger partial charge in [-0.05, 0) is 24.3 Å². The Bertz CT molecular complexity index is 348. The van der Waals surface area contributed by atoms with E-state index in [0.29, 0.717) is 0 Å². The second kappa shape index (κ2) is 8.29. The molecule has 0 heterocycles. The van der Waals surface area contributed by atoms with E-state index in [0.717, 1.165) is 0 Å². The van der Waals surface area contributed by atoms with Gasteiger partial charge in [0, 0.05) is 0 Å². The first kappa shape index (κ1) is 17.5. The van der Waals surface area contributed by atoms with Gasteiger partial charge in [-0.3, -0.25) is 0 Å². The van der Waals surface area contributed by atoms with Gasteiger partial charge in [0.1, 0.15) is 0 Å². The van der Waals surface area contributed by atoms with Crippen LogP contribution in [-0.4, -0.2) is 17.0 Å². The Morgan fingerprint density at radius 2 is 1.53 bits per heavy atom. The van der Waals surface area contributed by atoms with Crippen LogP contribution in [0.25, 0.3) is 0 Å². The van der Waals surface area contributed by atoms with Gasteiger partial charge < -0.3 is 12.8 Å². The predicted octanol–water partition coefficient (Wildman–Crippen LogP) is -5.35. The van der Waals surface area contributed by atoms with Gasteiger partial charge in [-0.2, -0.15) is 5.90 Å². The minimum atomic E-state index is -1.05. The zero-order chi connectivity index (χ0) is 9.84. The quantitative estimate of drug-likeness (QED) is 0.390. The maximum atomic E-state index is 10.8. The van der Waals surface area contributed by atoms with E-state index in [1.54, 1.807) is 0 Å². The number of rotatable bonds is 2. The standard InChI is InChI=1S/C8H7NO4.2Na.2H/c9-13-8(12)6-3-1-5(2-4-6)7(10)11;;;;/h1-4H,9H2,(H,10,11);;;;/q;2*+1;2*-1. The van der Waals surface area contributed by atoms with Gasteiger partial charge in [0.15, 0.2) is 0 Å². The van der Waals surface area contributed by atoms with Gasteiger partial charge in [-0.15, -0.1) is 0 Å². The van der Waals surface area contributed by atoms with Crippen LogP contribution in [0.4, 0.5) is 0 Å². The number of nitrogens with two attached hydrogens (primary N) is 1. The zero-order valence-corrected chi connectivity index (χ0v) is 12.6. The minimum Gasteiger partial charge on any atom is -1.00 e. The second-order valence-corrected chi connectivity index (χ2v) is 2.29. The molecule has 5 nitrogen and oxygen atoms in total. The SMILES string of the molecule is NOC(=O)c1ccc(C(=O)O)cc1.[H-].[H-].[Na+].[Na+]. The summed E-state index contributed by atoms with van der Waals surface area (Å²) < 4.78 is 0. The zero-order valence-electron chi connectivity index (χ0n) is 10.6. The molecule has 15 heavy (non-hydrogen) atoms. The van der Waals surface area contributed by atoms with Crippen molar-refractivity contribution in [2.75, 3.05) is 0 Å². The fraction of sp³-hybridized carbons (Fsp3) is 0. The van der Waals surface area contributed by atoms with Crippen LogP contribution in [0.15, 0.2) is 24.3 Å². The number of aromatic carboxylic acids is 1. The molecule has 0 aliphatic carbocycles. The third kappa shape index (κ3) is 5.12. The Morgan fingerprint density at radius 3 is 1.87 bits per heavy atom. The summed E-state index contributed by atoms with van der Waals surface area (Å²) in [6.45, 7) is 0. The molecule has 0 aliphatic rings. The summed E-state index contributed by atoms with van der Waals surface area (Å²) in [7, 11) is 0. The summed E-state index contributed by atoms with van der Waals surface area (Å²) in [5.74, 6) is 2.89. The summed E-state index contributed by atoms with van der Waals surface area (Å²) in [5.41, 5.74) is 0.320. The molecule has 1 rings (SSSR count). The van der Waals surface area contributed by atoms with E-state index in [4.69, 9.17) is 5.11 Å². The maximum Gasteiger partial charge on any atom is 1.00 e. The minimum absolute atomic E-state index is 0. The maximum absolute atomic E-state index is 10.8. The third-order valence-corrected chi connectivity index (χ3v) is 1.47. The van der Waals surface area contributed by atoms with Crippen molar-refractivity contribution in [2.45, 2.75) is 0 Å². The molecule has 0 unspecified atom stereocenters. The van der Waals surface area contributed by atoms with Crippen LogP contribution in [0.2, 0.25) is 0 Å². The Kier molecular flexibility index (Phi) is 9.68. The van der Waals surface area contributed by atoms with Gasteiger partial charge >= 0.3 is 71.1 Å². The summed E-state index contributed by atoms with van der Waals surface area (Å²) >= 11 is 0. The number of benzene rings is 1. The average molecular weight is 229 g/mol. The molecule has 0 amide bonds. The molecule has 0 aromatic heterocycles. The molecule has 0 aliphatic heterocycles. The molecule has 0 bridgehead atoms. The fourth-order valence-electron chi connectivity index (χ4n) is 0.817. The number of carboxylic acids is 1. The van der Waals surface area contributed by atoms with Crippen LogP contribution in [0.1, 0.15) is 23.6 Å². The first-order valence-corrected chi connectivity index (χ1v) is 3.39. The topological polar surface area (TPSA) is 89.6 Å². The van der Waals surface area contributed by atoms with Gasteiger partial charge in [0.25, 0.3) is 0 Å². The molecular weight excluding hydrogens is 220 g/mol.